The lowest BCUT2D eigenvalue weighted by Crippen LogP contribution is -2.47. The number of nitrogens with one attached hydrogen (secondary N) is 1. The Morgan fingerprint density at radius 3 is 2.45 bits per heavy atom. The first-order chi connectivity index (χ1) is 19.4. The van der Waals surface area contributed by atoms with E-state index in [-0.39, 0.29) is 37.4 Å². The second-order valence-corrected chi connectivity index (χ2v) is 20.5. The highest BCUT2D eigenvalue weighted by atomic mass is 35.5. The third kappa shape index (κ3) is 10.8. The Kier molecular flexibility index (Phi) is 12.8. The van der Waals surface area contributed by atoms with E-state index in [2.05, 4.69) is 34.9 Å². The molecule has 0 aliphatic carbocycles. The number of thioether (sulfide) groups is 1. The number of primary amides is 1. The molecule has 42 heavy (non-hydrogen) atoms. The van der Waals surface area contributed by atoms with Crippen LogP contribution in [-0.2, 0) is 24.3 Å². The molecule has 0 radical (unpaired) electrons. The molecule has 2 aromatic rings. The molecule has 0 saturated carbocycles. The summed E-state index contributed by atoms with van der Waals surface area (Å²) in [5, 5.41) is 2.61. The first-order valence-corrected chi connectivity index (χ1v) is 19.6. The predicted molar refractivity (Wildman–Crippen MR) is 167 cm³/mol. The lowest BCUT2D eigenvalue weighted by atomic mass is 10.2. The number of halogens is 2. The summed E-state index contributed by atoms with van der Waals surface area (Å²) in [6.45, 7) is 11.5. The molecule has 0 aliphatic rings. The summed E-state index contributed by atoms with van der Waals surface area (Å²) in [6.07, 6.45) is 0.499. The maximum atomic E-state index is 13.8. The molecule has 0 spiro atoms. The van der Waals surface area contributed by atoms with Gasteiger partial charge in [-0.05, 0) is 38.9 Å². The first-order valence-electron chi connectivity index (χ1n) is 12.7. The average molecular weight is 683 g/mol. The van der Waals surface area contributed by atoms with E-state index in [0.717, 1.165) is 22.1 Å². The molecule has 0 saturated heterocycles. The zero-order valence-corrected chi connectivity index (χ0v) is 28.7. The number of sulfonamides is 1. The van der Waals surface area contributed by atoms with E-state index in [0.29, 0.717) is 6.61 Å². The minimum Gasteiger partial charge on any atom is -0.478 e. The van der Waals surface area contributed by atoms with Gasteiger partial charge in [0.15, 0.2) is 0 Å². The largest absolute Gasteiger partial charge is 0.478 e. The van der Waals surface area contributed by atoms with Crippen LogP contribution in [0.4, 0.5) is 10.6 Å². The van der Waals surface area contributed by atoms with Crippen LogP contribution in [0.2, 0.25) is 35.7 Å². The number of nitrogens with two attached hydrogens (primary N) is 1. The van der Waals surface area contributed by atoms with Gasteiger partial charge in [0.25, 0.3) is 15.9 Å². The number of amides is 2. The van der Waals surface area contributed by atoms with Crippen LogP contribution in [0.5, 0.6) is 5.88 Å². The summed E-state index contributed by atoms with van der Waals surface area (Å²) in [6, 6.07) is 3.98. The molecule has 0 unspecified atom stereocenters. The maximum Gasteiger partial charge on any atom is 0.408 e. The quantitative estimate of drug-likeness (QED) is 0.123. The molecule has 1 heterocycles. The molecule has 0 aliphatic heterocycles. The van der Waals surface area contributed by atoms with Crippen molar-refractivity contribution in [2.45, 2.75) is 68.0 Å². The fraction of sp³-hybridized carbons (Fsp3) is 0.520. The molecule has 0 bridgehead atoms. The summed E-state index contributed by atoms with van der Waals surface area (Å²) >= 11 is 13.4. The number of nitrogens with zero attached hydrogens (tertiary/aromatic N) is 3. The Morgan fingerprint density at radius 2 is 1.88 bits per heavy atom. The second kappa shape index (κ2) is 14.9. The third-order valence-electron chi connectivity index (χ3n) is 5.25. The van der Waals surface area contributed by atoms with E-state index in [4.69, 9.17) is 43.1 Å². The summed E-state index contributed by atoms with van der Waals surface area (Å²) in [7, 11) is -4.50. The molecule has 234 valence electrons. The molecule has 17 heteroatoms. The number of hydrogen-bond acceptors (Lipinski definition) is 10. The number of carbonyl (C=O) groups excluding carboxylic acids is 2. The number of anilines is 1. The van der Waals surface area contributed by atoms with Crippen LogP contribution in [0.3, 0.4) is 0 Å². The van der Waals surface area contributed by atoms with Crippen molar-refractivity contribution in [2.24, 2.45) is 5.73 Å². The molecule has 0 fully saturated rings. The van der Waals surface area contributed by atoms with E-state index < -0.39 is 48.5 Å². The molecule has 12 nitrogen and oxygen atoms in total. The third-order valence-corrected chi connectivity index (χ3v) is 10.6. The molecular formula is C25H37Cl2N5O7S2Si. The van der Waals surface area contributed by atoms with Gasteiger partial charge in [-0.2, -0.15) is 0 Å². The highest BCUT2D eigenvalue weighted by Gasteiger charge is 2.33. The van der Waals surface area contributed by atoms with Gasteiger partial charge in [0, 0.05) is 20.4 Å². The summed E-state index contributed by atoms with van der Waals surface area (Å²) in [5.41, 5.74) is 4.69. The van der Waals surface area contributed by atoms with E-state index in [1.54, 1.807) is 20.8 Å². The second-order valence-electron chi connectivity index (χ2n) is 11.2. The van der Waals surface area contributed by atoms with Crippen molar-refractivity contribution in [1.82, 2.24) is 15.3 Å². The van der Waals surface area contributed by atoms with Gasteiger partial charge in [-0.1, -0.05) is 48.9 Å². The zero-order valence-electron chi connectivity index (χ0n) is 24.6. The van der Waals surface area contributed by atoms with Crippen LogP contribution in [0.15, 0.2) is 34.3 Å². The van der Waals surface area contributed by atoms with Gasteiger partial charge in [-0.15, -0.1) is 11.8 Å². The Hall–Kier alpha value is -2.30. The number of methoxy groups -OCH3 is 1. The summed E-state index contributed by atoms with van der Waals surface area (Å²) < 4.78 is 44.9. The first kappa shape index (κ1) is 35.9. The SMILES string of the molecule is COc1nc(SC[C@H](NC(=O)OC(C)(C)C)C(N)=O)cnc1N(COCC[Si](C)(C)C)S(=O)(=O)c1cccc(Cl)c1Cl. The van der Waals surface area contributed by atoms with Crippen LogP contribution in [0.1, 0.15) is 20.8 Å². The van der Waals surface area contributed by atoms with Gasteiger partial charge in [-0.3, -0.25) is 4.79 Å². The van der Waals surface area contributed by atoms with Crippen molar-refractivity contribution in [1.29, 1.82) is 0 Å². The molecule has 2 amide bonds. The lowest BCUT2D eigenvalue weighted by molar-refractivity contribution is -0.119. The van der Waals surface area contributed by atoms with E-state index in [1.807, 2.05) is 0 Å². The van der Waals surface area contributed by atoms with Gasteiger partial charge in [0.2, 0.25) is 11.7 Å². The summed E-state index contributed by atoms with van der Waals surface area (Å²) in [5.74, 6) is -1.07. The van der Waals surface area contributed by atoms with Gasteiger partial charge in [0.1, 0.15) is 28.3 Å². The normalized spacial score (nSPS) is 12.9. The predicted octanol–water partition coefficient (Wildman–Crippen LogP) is 4.77. The van der Waals surface area contributed by atoms with Crippen molar-refractivity contribution >= 4 is 70.9 Å². The van der Waals surface area contributed by atoms with Gasteiger partial charge in [-0.25, -0.2) is 27.5 Å². The minimum absolute atomic E-state index is 0.00824. The number of aromatic nitrogens is 2. The molecule has 1 aromatic heterocycles. The van der Waals surface area contributed by atoms with Gasteiger partial charge >= 0.3 is 6.09 Å². The number of benzene rings is 1. The molecule has 1 atom stereocenters. The van der Waals surface area contributed by atoms with Crippen molar-refractivity contribution in [2.75, 3.05) is 30.5 Å². The van der Waals surface area contributed by atoms with E-state index in [1.165, 1.54) is 31.5 Å². The number of ether oxygens (including phenoxy) is 3. The average Bonchev–Trinajstić information content (AvgIpc) is 2.86. The number of rotatable bonds is 14. The van der Waals surface area contributed by atoms with Gasteiger partial charge in [0.05, 0.1) is 23.4 Å². The number of hydrogen-bond donors (Lipinski definition) is 2. The Bertz CT molecular complexity index is 1370. The standard InChI is InChI=1S/C25H37Cl2N5O7S2Si/c1-25(2,3)39-24(34)30-17(21(28)33)14-40-19-13-29-22(23(31-19)37-4)32(15-38-11-12-42(5,6)7)41(35,36)18-10-8-9-16(26)20(18)27/h8-10,13,17H,11-12,14-15H2,1-7H3,(H2,28,33)(H,30,34)/t17-/m0/s1. The molecule has 3 N–H and O–H groups in total. The van der Waals surface area contributed by atoms with E-state index >= 15 is 0 Å². The minimum atomic E-state index is -4.34. The smallest absolute Gasteiger partial charge is 0.408 e. The summed E-state index contributed by atoms with van der Waals surface area (Å²) in [4.78, 5) is 32.5. The van der Waals surface area contributed by atoms with Crippen LogP contribution in [-0.4, -0.2) is 76.3 Å². The Labute approximate surface area is 262 Å². The van der Waals surface area contributed by atoms with Crippen LogP contribution in [0.25, 0.3) is 0 Å². The molecule has 1 aromatic carbocycles. The fourth-order valence-corrected chi connectivity index (χ4v) is 6.77. The van der Waals surface area contributed by atoms with Crippen LogP contribution >= 0.6 is 35.0 Å². The number of alkyl carbamates (subject to hydrolysis) is 1. The topological polar surface area (TPSA) is 163 Å². The fourth-order valence-electron chi connectivity index (χ4n) is 3.11. The van der Waals surface area contributed by atoms with Crippen molar-refractivity contribution in [3.05, 3.63) is 34.4 Å². The molecular weight excluding hydrogens is 645 g/mol. The zero-order chi connectivity index (χ0) is 31.9. The van der Waals surface area contributed by atoms with Crippen molar-refractivity contribution < 1.29 is 32.2 Å². The highest BCUT2D eigenvalue weighted by molar-refractivity contribution is 7.99. The highest BCUT2D eigenvalue weighted by Crippen LogP contribution is 2.35. The maximum absolute atomic E-state index is 13.8. The Balaban J connectivity index is 2.38. The van der Waals surface area contributed by atoms with Gasteiger partial charge < -0.3 is 25.3 Å². The van der Waals surface area contributed by atoms with Crippen molar-refractivity contribution in [3.63, 3.8) is 0 Å². The molecule has 2 rings (SSSR count). The lowest BCUT2D eigenvalue weighted by Gasteiger charge is -2.25. The van der Waals surface area contributed by atoms with Crippen molar-refractivity contribution in [3.8, 4) is 5.88 Å². The Morgan fingerprint density at radius 1 is 1.21 bits per heavy atom. The van der Waals surface area contributed by atoms with Crippen LogP contribution in [0, 0.1) is 0 Å². The monoisotopic (exact) mass is 681 g/mol. The van der Waals surface area contributed by atoms with E-state index in [9.17, 15) is 18.0 Å². The number of carbonyl (C=O) groups is 2. The van der Waals surface area contributed by atoms with Crippen LogP contribution < -0.4 is 20.1 Å².